The zero-order valence-electron chi connectivity index (χ0n) is 17.5. The molecule has 1 heterocycles. The van der Waals surface area contributed by atoms with Gasteiger partial charge < -0.3 is 10.1 Å². The minimum Gasteiger partial charge on any atom is -0.497 e. The van der Waals surface area contributed by atoms with Crippen LogP contribution in [0.15, 0.2) is 60.7 Å². The molecule has 6 heteroatoms. The number of nitrogens with one attached hydrogen (secondary N) is 1. The number of carbonyl (C=O) groups is 1. The summed E-state index contributed by atoms with van der Waals surface area (Å²) >= 11 is 0. The molecular formula is C24H24N4O2. The summed E-state index contributed by atoms with van der Waals surface area (Å²) in [7, 11) is 1.60. The van der Waals surface area contributed by atoms with Crippen LogP contribution >= 0.6 is 0 Å². The number of benzene rings is 3. The van der Waals surface area contributed by atoms with Gasteiger partial charge in [-0.25, -0.2) is 0 Å². The number of aromatic nitrogens is 3. The highest BCUT2D eigenvalue weighted by atomic mass is 16.5. The van der Waals surface area contributed by atoms with Gasteiger partial charge >= 0.3 is 0 Å². The Kier molecular flexibility index (Phi) is 5.23. The van der Waals surface area contributed by atoms with Gasteiger partial charge in [-0.1, -0.05) is 26.0 Å². The third-order valence-corrected chi connectivity index (χ3v) is 5.12. The van der Waals surface area contributed by atoms with E-state index in [0.29, 0.717) is 22.9 Å². The summed E-state index contributed by atoms with van der Waals surface area (Å²) in [4.78, 5) is 14.3. The van der Waals surface area contributed by atoms with E-state index in [1.54, 1.807) is 36.2 Å². The monoisotopic (exact) mass is 400 g/mol. The van der Waals surface area contributed by atoms with E-state index >= 15 is 0 Å². The van der Waals surface area contributed by atoms with Crippen LogP contribution in [-0.4, -0.2) is 28.0 Å². The first-order valence-corrected chi connectivity index (χ1v) is 9.88. The van der Waals surface area contributed by atoms with Crippen molar-refractivity contribution >= 4 is 22.6 Å². The summed E-state index contributed by atoms with van der Waals surface area (Å²) in [6.07, 6.45) is 0. The minimum absolute atomic E-state index is 0.184. The molecule has 4 rings (SSSR count). The maximum absolute atomic E-state index is 12.6. The number of aryl methyl sites for hydroxylation is 1. The van der Waals surface area contributed by atoms with Crippen LogP contribution in [0.25, 0.3) is 16.7 Å². The number of carbonyl (C=O) groups excluding carboxylic acids is 1. The molecule has 1 aromatic heterocycles. The van der Waals surface area contributed by atoms with Gasteiger partial charge in [0.05, 0.1) is 12.8 Å². The highest BCUT2D eigenvalue weighted by Crippen LogP contribution is 2.24. The molecular weight excluding hydrogens is 376 g/mol. The first-order valence-electron chi connectivity index (χ1n) is 9.88. The summed E-state index contributed by atoms with van der Waals surface area (Å²) in [5.74, 6) is 1.00. The van der Waals surface area contributed by atoms with Crippen LogP contribution in [-0.2, 0) is 0 Å². The van der Waals surface area contributed by atoms with Crippen molar-refractivity contribution in [2.24, 2.45) is 0 Å². The molecule has 152 valence electrons. The normalized spacial score (nSPS) is 11.1. The second kappa shape index (κ2) is 7.99. The van der Waals surface area contributed by atoms with Crippen molar-refractivity contribution in [2.75, 3.05) is 12.4 Å². The number of methoxy groups -OCH3 is 1. The molecule has 0 aliphatic heterocycles. The summed E-state index contributed by atoms with van der Waals surface area (Å²) in [5, 5.41) is 12.2. The fourth-order valence-electron chi connectivity index (χ4n) is 3.25. The summed E-state index contributed by atoms with van der Waals surface area (Å²) in [6.45, 7) is 6.28. The maximum atomic E-state index is 12.6. The zero-order valence-corrected chi connectivity index (χ0v) is 17.5. The summed E-state index contributed by atoms with van der Waals surface area (Å²) in [5.41, 5.74) is 5.87. The second-order valence-electron chi connectivity index (χ2n) is 7.57. The van der Waals surface area contributed by atoms with Gasteiger partial charge in [-0.3, -0.25) is 4.79 Å². The molecule has 0 spiro atoms. The largest absolute Gasteiger partial charge is 0.497 e. The Bertz CT molecular complexity index is 1190. The van der Waals surface area contributed by atoms with Gasteiger partial charge in [-0.15, -0.1) is 10.2 Å². The standard InChI is InChI=1S/C24H24N4O2/c1-15(2)17-5-9-19(10-6-17)28-26-22-13-16(3)21(14-23(22)27-28)25-24(29)18-7-11-20(30-4)12-8-18/h5-15H,1-4H3,(H,25,29). The molecule has 4 aromatic rings. The Morgan fingerprint density at radius 2 is 1.60 bits per heavy atom. The zero-order chi connectivity index (χ0) is 21.3. The smallest absolute Gasteiger partial charge is 0.255 e. The van der Waals surface area contributed by atoms with Gasteiger partial charge in [-0.05, 0) is 72.5 Å². The molecule has 3 aromatic carbocycles. The molecule has 0 fully saturated rings. The fraction of sp³-hybridized carbons (Fsp3) is 0.208. The van der Waals surface area contributed by atoms with Crippen molar-refractivity contribution < 1.29 is 9.53 Å². The Morgan fingerprint density at radius 1 is 0.967 bits per heavy atom. The predicted octanol–water partition coefficient (Wildman–Crippen LogP) is 5.11. The highest BCUT2D eigenvalue weighted by molar-refractivity contribution is 6.05. The van der Waals surface area contributed by atoms with Crippen LogP contribution in [0.3, 0.4) is 0 Å². The average Bonchev–Trinajstić information content (AvgIpc) is 3.16. The van der Waals surface area contributed by atoms with Crippen LogP contribution in [0.5, 0.6) is 5.75 Å². The SMILES string of the molecule is COc1ccc(C(=O)Nc2cc3nn(-c4ccc(C(C)C)cc4)nc3cc2C)cc1. The van der Waals surface area contributed by atoms with Crippen molar-refractivity contribution in [1.29, 1.82) is 0 Å². The van der Waals surface area contributed by atoms with Gasteiger partial charge in [0.2, 0.25) is 0 Å². The lowest BCUT2D eigenvalue weighted by atomic mass is 10.0. The van der Waals surface area contributed by atoms with Crippen molar-refractivity contribution in [1.82, 2.24) is 15.0 Å². The molecule has 1 N–H and O–H groups in total. The molecule has 0 aliphatic rings. The quantitative estimate of drug-likeness (QED) is 0.505. The Hall–Kier alpha value is -3.67. The topological polar surface area (TPSA) is 69.0 Å². The van der Waals surface area contributed by atoms with E-state index in [1.165, 1.54) is 5.56 Å². The van der Waals surface area contributed by atoms with E-state index in [4.69, 9.17) is 4.74 Å². The van der Waals surface area contributed by atoms with Crippen LogP contribution in [0, 0.1) is 6.92 Å². The van der Waals surface area contributed by atoms with Crippen LogP contribution in [0.1, 0.15) is 41.3 Å². The molecule has 0 saturated carbocycles. The van der Waals surface area contributed by atoms with Gasteiger partial charge in [0.25, 0.3) is 5.91 Å². The highest BCUT2D eigenvalue weighted by Gasteiger charge is 2.12. The van der Waals surface area contributed by atoms with Crippen LogP contribution in [0.4, 0.5) is 5.69 Å². The number of fused-ring (bicyclic) bond motifs is 1. The lowest BCUT2D eigenvalue weighted by Gasteiger charge is -2.08. The lowest BCUT2D eigenvalue weighted by Crippen LogP contribution is -2.12. The van der Waals surface area contributed by atoms with E-state index in [-0.39, 0.29) is 5.91 Å². The van der Waals surface area contributed by atoms with Crippen LogP contribution in [0.2, 0.25) is 0 Å². The maximum Gasteiger partial charge on any atom is 0.255 e. The molecule has 0 atom stereocenters. The van der Waals surface area contributed by atoms with E-state index in [9.17, 15) is 4.79 Å². The predicted molar refractivity (Wildman–Crippen MR) is 119 cm³/mol. The molecule has 0 bridgehead atoms. The Labute approximate surface area is 175 Å². The van der Waals surface area contributed by atoms with Gasteiger partial charge in [0.15, 0.2) is 0 Å². The van der Waals surface area contributed by atoms with E-state index < -0.39 is 0 Å². The average molecular weight is 400 g/mol. The van der Waals surface area contributed by atoms with E-state index in [0.717, 1.165) is 22.3 Å². The third-order valence-electron chi connectivity index (χ3n) is 5.12. The molecule has 1 amide bonds. The number of ether oxygens (including phenoxy) is 1. The summed E-state index contributed by atoms with van der Waals surface area (Å²) in [6, 6.07) is 19.0. The first-order chi connectivity index (χ1) is 14.4. The fourth-order valence-corrected chi connectivity index (χ4v) is 3.25. The molecule has 0 aliphatic carbocycles. The number of hydrogen-bond acceptors (Lipinski definition) is 4. The van der Waals surface area contributed by atoms with Crippen molar-refractivity contribution in [3.63, 3.8) is 0 Å². The number of hydrogen-bond donors (Lipinski definition) is 1. The number of rotatable bonds is 5. The Balaban J connectivity index is 1.60. The third kappa shape index (κ3) is 3.89. The van der Waals surface area contributed by atoms with Crippen molar-refractivity contribution in [3.8, 4) is 11.4 Å². The number of amides is 1. The molecule has 30 heavy (non-hydrogen) atoms. The van der Waals surface area contributed by atoms with Gasteiger partial charge in [-0.2, -0.15) is 4.80 Å². The molecule has 0 saturated heterocycles. The molecule has 0 radical (unpaired) electrons. The first kappa shape index (κ1) is 19.6. The van der Waals surface area contributed by atoms with E-state index in [2.05, 4.69) is 41.5 Å². The minimum atomic E-state index is -0.184. The Morgan fingerprint density at radius 3 is 2.20 bits per heavy atom. The summed E-state index contributed by atoms with van der Waals surface area (Å²) < 4.78 is 5.14. The number of nitrogens with zero attached hydrogens (tertiary/aromatic N) is 3. The number of anilines is 1. The molecule has 6 nitrogen and oxygen atoms in total. The lowest BCUT2D eigenvalue weighted by molar-refractivity contribution is 0.102. The van der Waals surface area contributed by atoms with Gasteiger partial charge in [0.1, 0.15) is 16.8 Å². The second-order valence-corrected chi connectivity index (χ2v) is 7.57. The van der Waals surface area contributed by atoms with Crippen molar-refractivity contribution in [2.45, 2.75) is 26.7 Å². The van der Waals surface area contributed by atoms with E-state index in [1.807, 2.05) is 31.2 Å². The molecule has 0 unspecified atom stereocenters. The van der Waals surface area contributed by atoms with Gasteiger partial charge in [0, 0.05) is 11.3 Å². The van der Waals surface area contributed by atoms with Crippen molar-refractivity contribution in [3.05, 3.63) is 77.4 Å². The van der Waals surface area contributed by atoms with Crippen LogP contribution < -0.4 is 10.1 Å².